The minimum atomic E-state index is -0.350. The number of aromatic nitrogens is 2. The number of rotatable bonds is 8. The fraction of sp³-hybridized carbons (Fsp3) is 0.233. The minimum Gasteiger partial charge on any atom is -0.492 e. The maximum Gasteiger partial charge on any atom is 0.257 e. The largest absolute Gasteiger partial charge is 0.492 e. The summed E-state index contributed by atoms with van der Waals surface area (Å²) in [7, 11) is 3.93. The quantitative estimate of drug-likeness (QED) is 0.303. The first-order chi connectivity index (χ1) is 19.4. The molecule has 3 aromatic carbocycles. The number of anilines is 1. The molecule has 0 spiro atoms. The number of hydrogen-bond donors (Lipinski definition) is 1. The Balaban J connectivity index is 1.32. The maximum absolute atomic E-state index is 13.3. The van der Waals surface area contributed by atoms with Crippen molar-refractivity contribution in [2.75, 3.05) is 39.4 Å². The van der Waals surface area contributed by atoms with E-state index in [1.54, 1.807) is 22.9 Å². The van der Waals surface area contributed by atoms with Crippen LogP contribution in [0.5, 0.6) is 17.2 Å². The highest BCUT2D eigenvalue weighted by atomic mass is 35.5. The summed E-state index contributed by atoms with van der Waals surface area (Å²) in [6.45, 7) is 1.40. The summed E-state index contributed by atoms with van der Waals surface area (Å²) in [5.74, 6) is 1.50. The van der Waals surface area contributed by atoms with Gasteiger partial charge in [-0.3, -0.25) is 9.59 Å². The molecule has 0 bridgehead atoms. The molecule has 0 radical (unpaired) electrons. The summed E-state index contributed by atoms with van der Waals surface area (Å²) >= 11 is 6.38. The Morgan fingerprint density at radius 1 is 1.10 bits per heavy atom. The summed E-state index contributed by atoms with van der Waals surface area (Å²) in [5, 5.41) is 7.93. The molecule has 10 heteroatoms. The van der Waals surface area contributed by atoms with E-state index in [9.17, 15) is 9.59 Å². The van der Waals surface area contributed by atoms with Gasteiger partial charge in [0.2, 0.25) is 6.79 Å². The Kier molecular flexibility index (Phi) is 6.91. The zero-order valence-corrected chi connectivity index (χ0v) is 22.8. The van der Waals surface area contributed by atoms with Crippen molar-refractivity contribution < 1.29 is 23.8 Å². The fourth-order valence-corrected chi connectivity index (χ4v) is 5.16. The van der Waals surface area contributed by atoms with E-state index < -0.39 is 0 Å². The Morgan fingerprint density at radius 2 is 1.95 bits per heavy atom. The third-order valence-corrected chi connectivity index (χ3v) is 7.31. The summed E-state index contributed by atoms with van der Waals surface area (Å²) in [4.78, 5) is 27.2. The molecule has 1 N–H and O–H groups in total. The van der Waals surface area contributed by atoms with Gasteiger partial charge in [-0.25, -0.2) is 4.68 Å². The topological polar surface area (TPSA) is 94.9 Å². The number of carbonyl (C=O) groups excluding carboxylic acids is 2. The van der Waals surface area contributed by atoms with Gasteiger partial charge in [0.05, 0.1) is 22.0 Å². The summed E-state index contributed by atoms with van der Waals surface area (Å²) in [5.41, 5.74) is 5.72. The van der Waals surface area contributed by atoms with Gasteiger partial charge in [-0.2, -0.15) is 5.10 Å². The van der Waals surface area contributed by atoms with Crippen LogP contribution in [0.4, 0.5) is 5.69 Å². The second-order valence-corrected chi connectivity index (χ2v) is 10.3. The zero-order valence-electron chi connectivity index (χ0n) is 22.1. The summed E-state index contributed by atoms with van der Waals surface area (Å²) in [6, 6.07) is 16.4. The molecule has 1 amide bonds. The molecular weight excluding hydrogens is 532 g/mol. The van der Waals surface area contributed by atoms with Crippen molar-refractivity contribution in [2.45, 2.75) is 12.8 Å². The molecule has 1 aliphatic heterocycles. The standard InChI is InChI=1S/C30H27ClN4O5/c1-34(2)11-12-38-21-7-9-25(31)24(15-21)30(37)32-19-5-3-18-4-8-22-26(16-36)33-35(29(22)23(18)13-19)20-6-10-27-28(14-20)40-17-39-27/h3,5-7,9-10,13-16H,4,8,11-12,17H2,1-2H3,(H,32,37). The number of hydrogen-bond acceptors (Lipinski definition) is 7. The van der Waals surface area contributed by atoms with Gasteiger partial charge >= 0.3 is 0 Å². The third kappa shape index (κ3) is 4.89. The van der Waals surface area contributed by atoms with Crippen molar-refractivity contribution in [1.29, 1.82) is 0 Å². The lowest BCUT2D eigenvalue weighted by Crippen LogP contribution is -2.19. The highest BCUT2D eigenvalue weighted by molar-refractivity contribution is 6.34. The normalized spacial score (nSPS) is 13.1. The van der Waals surface area contributed by atoms with Gasteiger partial charge in [0.25, 0.3) is 5.91 Å². The van der Waals surface area contributed by atoms with Crippen molar-refractivity contribution in [3.8, 4) is 34.2 Å². The van der Waals surface area contributed by atoms with Gasteiger partial charge in [0.15, 0.2) is 17.8 Å². The van der Waals surface area contributed by atoms with Crippen molar-refractivity contribution in [3.63, 3.8) is 0 Å². The van der Waals surface area contributed by atoms with Gasteiger partial charge in [-0.15, -0.1) is 0 Å². The van der Waals surface area contributed by atoms with Crippen LogP contribution in [0, 0.1) is 0 Å². The van der Waals surface area contributed by atoms with Crippen LogP contribution >= 0.6 is 11.6 Å². The first-order valence-corrected chi connectivity index (χ1v) is 13.3. The van der Waals surface area contributed by atoms with Gasteiger partial charge < -0.3 is 24.4 Å². The Bertz CT molecular complexity index is 1630. The number of halogens is 1. The van der Waals surface area contributed by atoms with E-state index in [4.69, 9.17) is 25.8 Å². The average molecular weight is 559 g/mol. The molecular formula is C30H27ClN4O5. The van der Waals surface area contributed by atoms with E-state index in [1.807, 2.05) is 55.4 Å². The van der Waals surface area contributed by atoms with Crippen LogP contribution in [0.25, 0.3) is 16.9 Å². The highest BCUT2D eigenvalue weighted by Gasteiger charge is 2.27. The molecule has 204 valence electrons. The van der Waals surface area contributed by atoms with Crippen LogP contribution < -0.4 is 19.5 Å². The molecule has 2 aliphatic rings. The highest BCUT2D eigenvalue weighted by Crippen LogP contribution is 2.40. The van der Waals surface area contributed by atoms with E-state index >= 15 is 0 Å². The number of carbonyl (C=O) groups is 2. The van der Waals surface area contributed by atoms with E-state index in [2.05, 4.69) is 10.4 Å². The zero-order chi connectivity index (χ0) is 27.8. The second-order valence-electron chi connectivity index (χ2n) is 9.90. The van der Waals surface area contributed by atoms with Crippen LogP contribution in [0.1, 0.15) is 32.0 Å². The molecule has 6 rings (SSSR count). The number of ether oxygens (including phenoxy) is 3. The van der Waals surface area contributed by atoms with Crippen LogP contribution in [0.3, 0.4) is 0 Å². The monoisotopic (exact) mass is 558 g/mol. The molecule has 0 unspecified atom stereocenters. The predicted octanol–water partition coefficient (Wildman–Crippen LogP) is 5.03. The van der Waals surface area contributed by atoms with Crippen LogP contribution in [0.2, 0.25) is 5.02 Å². The number of aldehydes is 1. The van der Waals surface area contributed by atoms with Gasteiger partial charge in [-0.1, -0.05) is 17.7 Å². The third-order valence-electron chi connectivity index (χ3n) is 6.98. The average Bonchev–Trinajstić information content (AvgIpc) is 3.58. The number of nitrogens with one attached hydrogen (secondary N) is 1. The van der Waals surface area contributed by atoms with Crippen molar-refractivity contribution in [3.05, 3.63) is 82.0 Å². The van der Waals surface area contributed by atoms with Crippen LogP contribution in [0.15, 0.2) is 54.6 Å². The Hall–Kier alpha value is -4.34. The molecule has 0 atom stereocenters. The van der Waals surface area contributed by atoms with E-state index in [-0.39, 0.29) is 12.7 Å². The minimum absolute atomic E-state index is 0.163. The lowest BCUT2D eigenvalue weighted by atomic mass is 9.88. The number of nitrogens with zero attached hydrogens (tertiary/aromatic N) is 3. The number of aryl methyl sites for hydroxylation is 1. The van der Waals surface area contributed by atoms with Crippen LogP contribution in [-0.2, 0) is 12.8 Å². The smallest absolute Gasteiger partial charge is 0.257 e. The lowest BCUT2D eigenvalue weighted by Gasteiger charge is -2.20. The molecule has 0 saturated heterocycles. The molecule has 0 fully saturated rings. The number of fused-ring (bicyclic) bond motifs is 4. The first-order valence-electron chi connectivity index (χ1n) is 12.9. The predicted molar refractivity (Wildman–Crippen MR) is 151 cm³/mol. The fourth-order valence-electron chi connectivity index (χ4n) is 4.95. The maximum atomic E-state index is 13.3. The van der Waals surface area contributed by atoms with E-state index in [0.29, 0.717) is 52.2 Å². The van der Waals surface area contributed by atoms with Gasteiger partial charge in [0, 0.05) is 29.4 Å². The molecule has 2 heterocycles. The van der Waals surface area contributed by atoms with Crippen molar-refractivity contribution in [1.82, 2.24) is 14.7 Å². The van der Waals surface area contributed by atoms with Crippen molar-refractivity contribution in [2.24, 2.45) is 0 Å². The molecule has 9 nitrogen and oxygen atoms in total. The second kappa shape index (κ2) is 10.7. The van der Waals surface area contributed by atoms with E-state index in [1.165, 1.54) is 0 Å². The molecule has 1 aromatic heterocycles. The van der Waals surface area contributed by atoms with Gasteiger partial charge in [0.1, 0.15) is 18.1 Å². The van der Waals surface area contributed by atoms with Crippen LogP contribution in [-0.4, -0.2) is 60.9 Å². The Labute approximate surface area is 236 Å². The summed E-state index contributed by atoms with van der Waals surface area (Å²) in [6.07, 6.45) is 2.22. The molecule has 40 heavy (non-hydrogen) atoms. The van der Waals surface area contributed by atoms with Gasteiger partial charge in [-0.05, 0) is 75.0 Å². The molecule has 0 saturated carbocycles. The Morgan fingerprint density at radius 3 is 2.77 bits per heavy atom. The van der Waals surface area contributed by atoms with E-state index in [0.717, 1.165) is 47.3 Å². The first kappa shape index (κ1) is 25.9. The SMILES string of the molecule is CN(C)CCOc1ccc(Cl)c(C(=O)Nc2ccc3c(c2)-c2c(c(C=O)nn2-c2ccc4c(c2)OCO4)CC3)c1. The summed E-state index contributed by atoms with van der Waals surface area (Å²) < 4.78 is 18.6. The molecule has 4 aromatic rings. The number of likely N-dealkylation sites (N-methyl/N-ethyl adjacent to an activating group) is 1. The number of amides is 1. The number of benzene rings is 3. The van der Waals surface area contributed by atoms with Crippen molar-refractivity contribution >= 4 is 29.5 Å². The molecule has 1 aliphatic carbocycles. The lowest BCUT2D eigenvalue weighted by molar-refractivity contribution is 0.102.